The molecule has 2 aliphatic rings. The van der Waals surface area contributed by atoms with Gasteiger partial charge in [0.25, 0.3) is 0 Å². The van der Waals surface area contributed by atoms with Gasteiger partial charge in [-0.1, -0.05) is 0 Å². The molecule has 0 bridgehead atoms. The standard InChI is InChI=1S/C12H19NO4/c14-11(15)4-7-1-2-8-6-13-10(12(16)17)5-9(8)3-7/h7-10,13H,1-6H2,(H,14,15)(H,16,17)/t7-,8-,9+,10-/m0/s1. The summed E-state index contributed by atoms with van der Waals surface area (Å²) in [5.41, 5.74) is 0. The average molecular weight is 241 g/mol. The number of hydrogen-bond donors (Lipinski definition) is 3. The number of piperidine rings is 1. The lowest BCUT2D eigenvalue weighted by molar-refractivity contribution is -0.142. The van der Waals surface area contributed by atoms with Crippen LogP contribution in [-0.2, 0) is 9.59 Å². The Kier molecular flexibility index (Phi) is 3.66. The molecule has 5 heteroatoms. The Bertz CT molecular complexity index is 318. The Labute approximate surface area is 100 Å². The van der Waals surface area contributed by atoms with E-state index >= 15 is 0 Å². The van der Waals surface area contributed by atoms with Crippen molar-refractivity contribution >= 4 is 11.9 Å². The molecule has 5 nitrogen and oxygen atoms in total. The molecular weight excluding hydrogens is 222 g/mol. The predicted molar refractivity (Wildman–Crippen MR) is 60.6 cm³/mol. The van der Waals surface area contributed by atoms with E-state index in [0.29, 0.717) is 18.3 Å². The molecule has 1 saturated carbocycles. The predicted octanol–water partition coefficient (Wildman–Crippen LogP) is 0.940. The quantitative estimate of drug-likeness (QED) is 0.684. The number of carboxylic acid groups (broad SMARTS) is 2. The van der Waals surface area contributed by atoms with Crippen LogP contribution < -0.4 is 5.32 Å². The molecular formula is C12H19NO4. The zero-order chi connectivity index (χ0) is 12.4. The summed E-state index contributed by atoms with van der Waals surface area (Å²) in [6.07, 6.45) is 3.75. The van der Waals surface area contributed by atoms with Gasteiger partial charge in [0.2, 0.25) is 0 Å². The molecule has 0 spiro atoms. The molecule has 0 radical (unpaired) electrons. The smallest absolute Gasteiger partial charge is 0.320 e. The van der Waals surface area contributed by atoms with E-state index in [1.165, 1.54) is 0 Å². The lowest BCUT2D eigenvalue weighted by Gasteiger charge is -2.41. The van der Waals surface area contributed by atoms with Gasteiger partial charge in [-0.2, -0.15) is 0 Å². The van der Waals surface area contributed by atoms with Crippen molar-refractivity contribution in [2.45, 2.75) is 38.1 Å². The first-order chi connectivity index (χ1) is 8.06. The van der Waals surface area contributed by atoms with Crippen LogP contribution in [0.4, 0.5) is 0 Å². The fourth-order valence-corrected chi connectivity index (χ4v) is 3.28. The molecule has 2 rings (SSSR count). The minimum absolute atomic E-state index is 0.231. The lowest BCUT2D eigenvalue weighted by Crippen LogP contribution is -2.49. The number of rotatable bonds is 3. The highest BCUT2D eigenvalue weighted by molar-refractivity contribution is 5.73. The normalized spacial score (nSPS) is 37.2. The molecule has 1 aliphatic carbocycles. The van der Waals surface area contributed by atoms with Crippen LogP contribution in [-0.4, -0.2) is 34.7 Å². The number of aliphatic carboxylic acids is 2. The second-order valence-electron chi connectivity index (χ2n) is 5.33. The summed E-state index contributed by atoms with van der Waals surface area (Å²) in [5, 5.41) is 20.8. The van der Waals surface area contributed by atoms with E-state index in [1.54, 1.807) is 0 Å². The third-order valence-corrected chi connectivity index (χ3v) is 4.17. The van der Waals surface area contributed by atoms with Crippen molar-refractivity contribution in [3.63, 3.8) is 0 Å². The van der Waals surface area contributed by atoms with Gasteiger partial charge < -0.3 is 15.5 Å². The molecule has 96 valence electrons. The monoisotopic (exact) mass is 241 g/mol. The van der Waals surface area contributed by atoms with Crippen LogP contribution in [0.25, 0.3) is 0 Å². The molecule has 0 aromatic carbocycles. The van der Waals surface area contributed by atoms with E-state index in [-0.39, 0.29) is 12.3 Å². The van der Waals surface area contributed by atoms with Crippen LogP contribution in [0.15, 0.2) is 0 Å². The second kappa shape index (κ2) is 5.04. The molecule has 4 atom stereocenters. The molecule has 1 heterocycles. The zero-order valence-electron chi connectivity index (χ0n) is 9.76. The molecule has 2 fully saturated rings. The molecule has 0 unspecified atom stereocenters. The van der Waals surface area contributed by atoms with E-state index in [0.717, 1.165) is 25.8 Å². The van der Waals surface area contributed by atoms with Crippen LogP contribution in [0.3, 0.4) is 0 Å². The third-order valence-electron chi connectivity index (χ3n) is 4.17. The molecule has 3 N–H and O–H groups in total. The van der Waals surface area contributed by atoms with Crippen LogP contribution >= 0.6 is 0 Å². The molecule has 1 aliphatic heterocycles. The largest absolute Gasteiger partial charge is 0.481 e. The highest BCUT2D eigenvalue weighted by atomic mass is 16.4. The Morgan fingerprint density at radius 1 is 1.12 bits per heavy atom. The SMILES string of the molecule is O=C(O)C[C@H]1CC[C@H]2CN[C@H](C(=O)O)C[C@H]2C1. The first kappa shape index (κ1) is 12.4. The number of nitrogens with one attached hydrogen (secondary N) is 1. The van der Waals surface area contributed by atoms with Gasteiger partial charge >= 0.3 is 11.9 Å². The Balaban J connectivity index is 1.92. The highest BCUT2D eigenvalue weighted by Crippen LogP contribution is 2.39. The number of carbonyl (C=O) groups is 2. The summed E-state index contributed by atoms with van der Waals surface area (Å²) in [6, 6.07) is -0.445. The van der Waals surface area contributed by atoms with Gasteiger partial charge in [0.05, 0.1) is 0 Å². The summed E-state index contributed by atoms with van der Waals surface area (Å²) in [7, 11) is 0. The lowest BCUT2D eigenvalue weighted by atomic mass is 9.69. The van der Waals surface area contributed by atoms with Gasteiger partial charge in [-0.25, -0.2) is 0 Å². The average Bonchev–Trinajstić information content (AvgIpc) is 2.27. The van der Waals surface area contributed by atoms with Crippen LogP contribution in [0, 0.1) is 17.8 Å². The van der Waals surface area contributed by atoms with E-state index in [4.69, 9.17) is 10.2 Å². The molecule has 0 amide bonds. The summed E-state index contributed by atoms with van der Waals surface area (Å²) in [6.45, 7) is 0.765. The van der Waals surface area contributed by atoms with Gasteiger partial charge in [0.15, 0.2) is 0 Å². The fourth-order valence-electron chi connectivity index (χ4n) is 3.28. The van der Waals surface area contributed by atoms with E-state index < -0.39 is 18.0 Å². The van der Waals surface area contributed by atoms with Gasteiger partial charge in [-0.3, -0.25) is 9.59 Å². The van der Waals surface area contributed by atoms with Crippen molar-refractivity contribution in [2.24, 2.45) is 17.8 Å². The van der Waals surface area contributed by atoms with Crippen LogP contribution in [0.2, 0.25) is 0 Å². The van der Waals surface area contributed by atoms with Gasteiger partial charge in [0.1, 0.15) is 6.04 Å². The Hall–Kier alpha value is -1.10. The van der Waals surface area contributed by atoms with Crippen LogP contribution in [0.5, 0.6) is 0 Å². The maximum Gasteiger partial charge on any atom is 0.320 e. The maximum absolute atomic E-state index is 10.9. The van der Waals surface area contributed by atoms with Crippen LogP contribution in [0.1, 0.15) is 32.1 Å². The van der Waals surface area contributed by atoms with Crippen molar-refractivity contribution in [3.8, 4) is 0 Å². The summed E-state index contributed by atoms with van der Waals surface area (Å²) >= 11 is 0. The van der Waals surface area contributed by atoms with E-state index in [1.807, 2.05) is 0 Å². The first-order valence-electron chi connectivity index (χ1n) is 6.24. The number of fused-ring (bicyclic) bond motifs is 1. The molecule has 17 heavy (non-hydrogen) atoms. The van der Waals surface area contributed by atoms with Crippen molar-refractivity contribution in [3.05, 3.63) is 0 Å². The highest BCUT2D eigenvalue weighted by Gasteiger charge is 2.37. The third kappa shape index (κ3) is 2.97. The van der Waals surface area contributed by atoms with Crippen molar-refractivity contribution < 1.29 is 19.8 Å². The Morgan fingerprint density at radius 2 is 1.88 bits per heavy atom. The fraction of sp³-hybridized carbons (Fsp3) is 0.833. The first-order valence-corrected chi connectivity index (χ1v) is 6.24. The van der Waals surface area contributed by atoms with E-state index in [2.05, 4.69) is 5.32 Å². The minimum atomic E-state index is -0.788. The van der Waals surface area contributed by atoms with Gasteiger partial charge in [-0.05, 0) is 50.0 Å². The topological polar surface area (TPSA) is 86.6 Å². The second-order valence-corrected chi connectivity index (χ2v) is 5.33. The number of carboxylic acids is 2. The molecule has 1 saturated heterocycles. The van der Waals surface area contributed by atoms with Gasteiger partial charge in [0, 0.05) is 6.42 Å². The Morgan fingerprint density at radius 3 is 2.53 bits per heavy atom. The molecule has 0 aromatic rings. The van der Waals surface area contributed by atoms with Crippen molar-refractivity contribution in [1.82, 2.24) is 5.32 Å². The van der Waals surface area contributed by atoms with Crippen molar-refractivity contribution in [1.29, 1.82) is 0 Å². The summed E-state index contributed by atoms with van der Waals surface area (Å²) in [5.74, 6) is -0.367. The summed E-state index contributed by atoms with van der Waals surface area (Å²) < 4.78 is 0. The maximum atomic E-state index is 10.9. The van der Waals surface area contributed by atoms with Crippen molar-refractivity contribution in [2.75, 3.05) is 6.54 Å². The summed E-state index contributed by atoms with van der Waals surface area (Å²) in [4.78, 5) is 21.6. The van der Waals surface area contributed by atoms with E-state index in [9.17, 15) is 9.59 Å². The zero-order valence-corrected chi connectivity index (χ0v) is 9.76. The minimum Gasteiger partial charge on any atom is -0.481 e. The number of hydrogen-bond acceptors (Lipinski definition) is 3. The molecule has 0 aromatic heterocycles. The van der Waals surface area contributed by atoms with Gasteiger partial charge in [-0.15, -0.1) is 0 Å².